The van der Waals surface area contributed by atoms with Crippen molar-refractivity contribution >= 4 is 27.8 Å². The standard InChI is InChI=1S/C25H20F3N5O/c1-33-23-20(14-31-33)19(12-22(32-23)15-6-8-17(9-7-15)25(26,27)28)24(34)29-11-10-16-13-30-21-5-3-2-4-18(16)21/h2-9,12-14,30H,10-11H2,1H3,(H,29,34). The molecule has 0 aliphatic rings. The number of nitrogens with one attached hydrogen (secondary N) is 2. The lowest BCUT2D eigenvalue weighted by molar-refractivity contribution is -0.137. The molecule has 0 saturated carbocycles. The van der Waals surface area contributed by atoms with Crippen molar-refractivity contribution in [2.24, 2.45) is 7.05 Å². The lowest BCUT2D eigenvalue weighted by atomic mass is 10.0. The smallest absolute Gasteiger partial charge is 0.361 e. The van der Waals surface area contributed by atoms with Crippen molar-refractivity contribution in [2.45, 2.75) is 12.6 Å². The topological polar surface area (TPSA) is 75.6 Å². The van der Waals surface area contributed by atoms with Gasteiger partial charge in [0.15, 0.2) is 5.65 Å². The number of benzene rings is 2. The molecule has 0 unspecified atom stereocenters. The second-order valence-corrected chi connectivity index (χ2v) is 8.00. The summed E-state index contributed by atoms with van der Waals surface area (Å²) in [6.07, 6.45) is -0.282. The molecule has 34 heavy (non-hydrogen) atoms. The Morgan fingerprint density at radius 2 is 1.85 bits per heavy atom. The minimum Gasteiger partial charge on any atom is -0.361 e. The van der Waals surface area contributed by atoms with E-state index in [1.54, 1.807) is 19.3 Å². The number of H-pyrrole nitrogens is 1. The second-order valence-electron chi connectivity index (χ2n) is 8.00. The van der Waals surface area contributed by atoms with Crippen molar-refractivity contribution in [1.29, 1.82) is 0 Å². The van der Waals surface area contributed by atoms with Gasteiger partial charge in [-0.1, -0.05) is 30.3 Å². The fourth-order valence-corrected chi connectivity index (χ4v) is 4.02. The van der Waals surface area contributed by atoms with Crippen molar-refractivity contribution in [1.82, 2.24) is 25.1 Å². The lowest BCUT2D eigenvalue weighted by Gasteiger charge is -2.10. The van der Waals surface area contributed by atoms with Gasteiger partial charge in [-0.25, -0.2) is 4.98 Å². The number of alkyl halides is 3. The fraction of sp³-hybridized carbons (Fsp3) is 0.160. The molecule has 0 saturated heterocycles. The van der Waals surface area contributed by atoms with Crippen molar-refractivity contribution in [3.05, 3.63) is 83.7 Å². The van der Waals surface area contributed by atoms with Gasteiger partial charge in [-0.3, -0.25) is 9.48 Å². The number of amides is 1. The fourth-order valence-electron chi connectivity index (χ4n) is 4.02. The van der Waals surface area contributed by atoms with E-state index in [-0.39, 0.29) is 5.91 Å². The summed E-state index contributed by atoms with van der Waals surface area (Å²) in [4.78, 5) is 20.8. The number of hydrogen-bond acceptors (Lipinski definition) is 3. The number of carbonyl (C=O) groups excluding carboxylic acids is 1. The van der Waals surface area contributed by atoms with Gasteiger partial charge in [0.25, 0.3) is 5.91 Å². The van der Waals surface area contributed by atoms with Crippen LogP contribution >= 0.6 is 0 Å². The zero-order chi connectivity index (χ0) is 23.9. The van der Waals surface area contributed by atoms with Gasteiger partial charge in [0.2, 0.25) is 0 Å². The largest absolute Gasteiger partial charge is 0.416 e. The highest BCUT2D eigenvalue weighted by molar-refractivity contribution is 6.06. The number of rotatable bonds is 5. The van der Waals surface area contributed by atoms with E-state index >= 15 is 0 Å². The summed E-state index contributed by atoms with van der Waals surface area (Å²) in [5.41, 5.74) is 3.11. The van der Waals surface area contributed by atoms with Crippen LogP contribution < -0.4 is 5.32 Å². The number of aromatic amines is 1. The Kier molecular flexibility index (Phi) is 5.31. The van der Waals surface area contributed by atoms with Crippen molar-refractivity contribution in [3.8, 4) is 11.3 Å². The number of fused-ring (bicyclic) bond motifs is 2. The highest BCUT2D eigenvalue weighted by Crippen LogP contribution is 2.31. The Labute approximate surface area is 192 Å². The maximum atomic E-state index is 13.1. The van der Waals surface area contributed by atoms with Crippen LogP contribution in [0, 0.1) is 0 Å². The van der Waals surface area contributed by atoms with Crippen LogP contribution in [0.15, 0.2) is 67.0 Å². The molecule has 0 radical (unpaired) electrons. The third-order valence-electron chi connectivity index (χ3n) is 5.81. The van der Waals surface area contributed by atoms with Crippen LogP contribution in [0.25, 0.3) is 33.2 Å². The van der Waals surface area contributed by atoms with Crippen LogP contribution in [0.3, 0.4) is 0 Å². The Balaban J connectivity index is 1.41. The van der Waals surface area contributed by atoms with Crippen LogP contribution in [-0.4, -0.2) is 32.2 Å². The number of halogens is 3. The molecule has 5 rings (SSSR count). The summed E-state index contributed by atoms with van der Waals surface area (Å²) in [6, 6.07) is 14.3. The summed E-state index contributed by atoms with van der Waals surface area (Å²) in [7, 11) is 1.70. The Morgan fingerprint density at radius 1 is 1.09 bits per heavy atom. The molecule has 0 bridgehead atoms. The number of carbonyl (C=O) groups is 1. The van der Waals surface area contributed by atoms with Gasteiger partial charge in [-0.15, -0.1) is 0 Å². The van der Waals surface area contributed by atoms with Crippen LogP contribution in [0.1, 0.15) is 21.5 Å². The summed E-state index contributed by atoms with van der Waals surface area (Å²) >= 11 is 0. The van der Waals surface area contributed by atoms with E-state index in [1.165, 1.54) is 16.8 Å². The molecule has 0 aliphatic carbocycles. The number of nitrogens with zero attached hydrogens (tertiary/aromatic N) is 3. The Morgan fingerprint density at radius 3 is 2.62 bits per heavy atom. The molecule has 2 aromatic carbocycles. The first-order valence-electron chi connectivity index (χ1n) is 10.6. The predicted molar refractivity (Wildman–Crippen MR) is 123 cm³/mol. The van der Waals surface area contributed by atoms with Crippen LogP contribution in [0.4, 0.5) is 13.2 Å². The molecule has 6 nitrogen and oxygen atoms in total. The van der Waals surface area contributed by atoms with Gasteiger partial charge in [0, 0.05) is 36.3 Å². The van der Waals surface area contributed by atoms with E-state index in [0.29, 0.717) is 40.8 Å². The zero-order valence-electron chi connectivity index (χ0n) is 18.1. The molecule has 2 N–H and O–H groups in total. The number of hydrogen-bond donors (Lipinski definition) is 2. The molecule has 3 heterocycles. The molecule has 5 aromatic rings. The Bertz CT molecular complexity index is 1500. The normalized spacial score (nSPS) is 11.9. The van der Waals surface area contributed by atoms with Gasteiger partial charge in [-0.2, -0.15) is 18.3 Å². The minimum absolute atomic E-state index is 0.298. The molecule has 9 heteroatoms. The summed E-state index contributed by atoms with van der Waals surface area (Å²) in [6.45, 7) is 0.417. The summed E-state index contributed by atoms with van der Waals surface area (Å²) in [5, 5.41) is 8.82. The SMILES string of the molecule is Cn1ncc2c(C(=O)NCCc3c[nH]c4ccccc34)cc(-c3ccc(C(F)(F)F)cc3)nc21. The molecular weight excluding hydrogens is 443 g/mol. The predicted octanol–water partition coefficient (Wildman–Crippen LogP) is 5.11. The van der Waals surface area contributed by atoms with Gasteiger partial charge >= 0.3 is 6.18 Å². The monoisotopic (exact) mass is 463 g/mol. The van der Waals surface area contributed by atoms with E-state index in [0.717, 1.165) is 28.6 Å². The van der Waals surface area contributed by atoms with E-state index in [1.807, 2.05) is 30.5 Å². The number of aromatic nitrogens is 4. The third-order valence-corrected chi connectivity index (χ3v) is 5.81. The summed E-state index contributed by atoms with van der Waals surface area (Å²) < 4.78 is 40.3. The van der Waals surface area contributed by atoms with Gasteiger partial charge < -0.3 is 10.3 Å². The number of pyridine rings is 1. The highest BCUT2D eigenvalue weighted by Gasteiger charge is 2.30. The molecule has 1 amide bonds. The van der Waals surface area contributed by atoms with E-state index < -0.39 is 11.7 Å². The third kappa shape index (κ3) is 4.00. The molecular formula is C25H20F3N5O. The first-order valence-corrected chi connectivity index (χ1v) is 10.6. The van der Waals surface area contributed by atoms with Crippen molar-refractivity contribution in [3.63, 3.8) is 0 Å². The zero-order valence-corrected chi connectivity index (χ0v) is 18.1. The molecule has 0 fully saturated rings. The van der Waals surface area contributed by atoms with E-state index in [4.69, 9.17) is 0 Å². The van der Waals surface area contributed by atoms with Gasteiger partial charge in [0.05, 0.1) is 28.4 Å². The van der Waals surface area contributed by atoms with Crippen molar-refractivity contribution < 1.29 is 18.0 Å². The molecule has 0 spiro atoms. The molecule has 0 aliphatic heterocycles. The number of para-hydroxylation sites is 1. The van der Waals surface area contributed by atoms with Gasteiger partial charge in [0.1, 0.15) is 0 Å². The second kappa shape index (κ2) is 8.33. The quantitative estimate of drug-likeness (QED) is 0.381. The van der Waals surface area contributed by atoms with Gasteiger partial charge in [-0.05, 0) is 36.2 Å². The van der Waals surface area contributed by atoms with Crippen LogP contribution in [0.2, 0.25) is 0 Å². The maximum Gasteiger partial charge on any atom is 0.416 e. The lowest BCUT2D eigenvalue weighted by Crippen LogP contribution is -2.26. The highest BCUT2D eigenvalue weighted by atomic mass is 19.4. The number of aryl methyl sites for hydroxylation is 1. The average molecular weight is 463 g/mol. The Hall–Kier alpha value is -4.14. The molecule has 3 aromatic heterocycles. The molecule has 0 atom stereocenters. The summed E-state index contributed by atoms with van der Waals surface area (Å²) in [5.74, 6) is -0.298. The molecule has 172 valence electrons. The average Bonchev–Trinajstić information content (AvgIpc) is 3.41. The maximum absolute atomic E-state index is 13.1. The first kappa shape index (κ1) is 21.7. The van der Waals surface area contributed by atoms with E-state index in [9.17, 15) is 18.0 Å². The van der Waals surface area contributed by atoms with E-state index in [2.05, 4.69) is 20.4 Å². The minimum atomic E-state index is -4.42. The van der Waals surface area contributed by atoms with Crippen LogP contribution in [-0.2, 0) is 19.6 Å². The van der Waals surface area contributed by atoms with Crippen LogP contribution in [0.5, 0.6) is 0 Å². The van der Waals surface area contributed by atoms with Crippen molar-refractivity contribution in [2.75, 3.05) is 6.54 Å². The first-order chi connectivity index (χ1) is 16.3.